The first-order valence-electron chi connectivity index (χ1n) is 9.07. The number of carbonyl (C=O) groups excluding carboxylic acids is 2. The molecule has 7 heteroatoms. The lowest BCUT2D eigenvalue weighted by Gasteiger charge is -2.26. The Bertz CT molecular complexity index is 754. The molecule has 1 aromatic carbocycles. The minimum Gasteiger partial charge on any atom is -0.354 e. The third-order valence-electron chi connectivity index (χ3n) is 4.42. The molecule has 0 bridgehead atoms. The summed E-state index contributed by atoms with van der Waals surface area (Å²) in [4.78, 5) is 26.0. The zero-order chi connectivity index (χ0) is 18.4. The fourth-order valence-electron chi connectivity index (χ4n) is 2.96. The van der Waals surface area contributed by atoms with Crippen LogP contribution in [0.5, 0.6) is 0 Å². The van der Waals surface area contributed by atoms with Gasteiger partial charge in [-0.25, -0.2) is 4.68 Å². The van der Waals surface area contributed by atoms with Gasteiger partial charge in [-0.1, -0.05) is 25.5 Å². The monoisotopic (exact) mass is 355 g/mol. The Labute approximate surface area is 153 Å². The molecule has 2 aromatic rings. The molecule has 1 aliphatic rings. The third-order valence-corrected chi connectivity index (χ3v) is 4.42. The van der Waals surface area contributed by atoms with Crippen LogP contribution in [0.4, 0.5) is 5.82 Å². The van der Waals surface area contributed by atoms with Gasteiger partial charge < -0.3 is 10.6 Å². The van der Waals surface area contributed by atoms with Crippen LogP contribution in [0, 0.1) is 0 Å². The van der Waals surface area contributed by atoms with Crippen molar-refractivity contribution in [2.75, 3.05) is 25.0 Å². The number of amides is 2. The average molecular weight is 355 g/mol. The molecule has 0 aliphatic carbocycles. The quantitative estimate of drug-likeness (QED) is 0.795. The first-order valence-corrected chi connectivity index (χ1v) is 9.07. The summed E-state index contributed by atoms with van der Waals surface area (Å²) in [6.07, 6.45) is 3.80. The summed E-state index contributed by atoms with van der Waals surface area (Å²) in [6, 6.07) is 9.33. The second kappa shape index (κ2) is 8.62. The van der Waals surface area contributed by atoms with Gasteiger partial charge in [-0.15, -0.1) is 0 Å². The molecule has 1 fully saturated rings. The second-order valence-corrected chi connectivity index (χ2v) is 6.50. The van der Waals surface area contributed by atoms with E-state index < -0.39 is 0 Å². The number of piperazine rings is 1. The zero-order valence-corrected chi connectivity index (χ0v) is 15.1. The summed E-state index contributed by atoms with van der Waals surface area (Å²) in [5.74, 6) is 0.630. The molecule has 138 valence electrons. The highest BCUT2D eigenvalue weighted by atomic mass is 16.2. The lowest BCUT2D eigenvalue weighted by atomic mass is 10.1. The molecular formula is C19H25N5O2. The number of nitrogens with zero attached hydrogens (tertiary/aromatic N) is 3. The number of hydrogen-bond acceptors (Lipinski definition) is 4. The summed E-state index contributed by atoms with van der Waals surface area (Å²) in [5, 5.41) is 9.99. The number of aromatic nitrogens is 2. The molecule has 26 heavy (non-hydrogen) atoms. The van der Waals surface area contributed by atoms with Gasteiger partial charge in [-0.05, 0) is 24.1 Å². The summed E-state index contributed by atoms with van der Waals surface area (Å²) in [5.41, 5.74) is 1.69. The van der Waals surface area contributed by atoms with Crippen LogP contribution < -0.4 is 10.6 Å². The highest BCUT2D eigenvalue weighted by Gasteiger charge is 2.16. The molecule has 1 aliphatic heterocycles. The Morgan fingerprint density at radius 1 is 1.27 bits per heavy atom. The molecule has 0 spiro atoms. The Morgan fingerprint density at radius 3 is 2.81 bits per heavy atom. The molecule has 2 N–H and O–H groups in total. The zero-order valence-electron chi connectivity index (χ0n) is 15.1. The predicted molar refractivity (Wildman–Crippen MR) is 99.8 cm³/mol. The van der Waals surface area contributed by atoms with Crippen molar-refractivity contribution in [3.05, 3.63) is 47.7 Å². The van der Waals surface area contributed by atoms with Gasteiger partial charge in [0, 0.05) is 37.8 Å². The van der Waals surface area contributed by atoms with Crippen molar-refractivity contribution in [1.29, 1.82) is 0 Å². The standard InChI is InChI=1S/C19H25N5O2/c1-2-3-11-24-17(8-9-21-24)22-19(26)16-6-4-15(5-7-16)13-23-12-10-20-18(25)14-23/h4-9H,2-3,10-14H2,1H3,(H,20,25)(H,22,26). The number of carbonyl (C=O) groups is 2. The molecule has 0 atom stereocenters. The highest BCUT2D eigenvalue weighted by molar-refractivity contribution is 6.03. The number of nitrogens with one attached hydrogen (secondary N) is 2. The molecule has 1 saturated heterocycles. The number of anilines is 1. The van der Waals surface area contributed by atoms with Gasteiger partial charge in [0.15, 0.2) is 0 Å². The molecule has 1 aromatic heterocycles. The molecule has 7 nitrogen and oxygen atoms in total. The minimum atomic E-state index is -0.146. The van der Waals surface area contributed by atoms with E-state index in [4.69, 9.17) is 0 Å². The SMILES string of the molecule is CCCCn1nccc1NC(=O)c1ccc(CN2CCNC(=O)C2)cc1. The third kappa shape index (κ3) is 4.70. The van der Waals surface area contributed by atoms with E-state index in [1.165, 1.54) is 0 Å². The largest absolute Gasteiger partial charge is 0.354 e. The van der Waals surface area contributed by atoms with E-state index in [-0.39, 0.29) is 11.8 Å². The summed E-state index contributed by atoms with van der Waals surface area (Å²) < 4.78 is 1.82. The van der Waals surface area contributed by atoms with E-state index in [0.29, 0.717) is 31.0 Å². The first-order chi connectivity index (χ1) is 12.7. The second-order valence-electron chi connectivity index (χ2n) is 6.50. The van der Waals surface area contributed by atoms with Crippen molar-refractivity contribution in [2.24, 2.45) is 0 Å². The highest BCUT2D eigenvalue weighted by Crippen LogP contribution is 2.12. The van der Waals surface area contributed by atoms with Crippen molar-refractivity contribution < 1.29 is 9.59 Å². The first kappa shape index (κ1) is 18.1. The maximum Gasteiger partial charge on any atom is 0.256 e. The fraction of sp³-hybridized carbons (Fsp3) is 0.421. The number of benzene rings is 1. The molecule has 3 rings (SSSR count). The lowest BCUT2D eigenvalue weighted by molar-refractivity contribution is -0.124. The topological polar surface area (TPSA) is 79.3 Å². The Kier molecular flexibility index (Phi) is 6.01. The van der Waals surface area contributed by atoms with Crippen molar-refractivity contribution in [3.63, 3.8) is 0 Å². The molecule has 0 radical (unpaired) electrons. The van der Waals surface area contributed by atoms with Crippen LogP contribution in [0.15, 0.2) is 36.5 Å². The van der Waals surface area contributed by atoms with Crippen LogP contribution >= 0.6 is 0 Å². The van der Waals surface area contributed by atoms with E-state index in [0.717, 1.165) is 31.5 Å². The molecule has 0 unspecified atom stereocenters. The molecule has 2 amide bonds. The molecular weight excluding hydrogens is 330 g/mol. The van der Waals surface area contributed by atoms with Crippen LogP contribution in [0.2, 0.25) is 0 Å². The smallest absolute Gasteiger partial charge is 0.256 e. The summed E-state index contributed by atoms with van der Waals surface area (Å²) in [7, 11) is 0. The maximum atomic E-state index is 12.5. The summed E-state index contributed by atoms with van der Waals surface area (Å²) >= 11 is 0. The van der Waals surface area contributed by atoms with Crippen LogP contribution in [0.1, 0.15) is 35.7 Å². The van der Waals surface area contributed by atoms with E-state index in [9.17, 15) is 9.59 Å². The average Bonchev–Trinajstić information content (AvgIpc) is 3.07. The van der Waals surface area contributed by atoms with Gasteiger partial charge in [0.25, 0.3) is 5.91 Å². The van der Waals surface area contributed by atoms with Crippen LogP contribution in [-0.4, -0.2) is 46.1 Å². The van der Waals surface area contributed by atoms with Gasteiger partial charge in [-0.3, -0.25) is 14.5 Å². The van der Waals surface area contributed by atoms with E-state index in [1.807, 2.05) is 35.0 Å². The number of unbranched alkanes of at least 4 members (excludes halogenated alkanes) is 1. The molecule has 0 saturated carbocycles. The van der Waals surface area contributed by atoms with Crippen molar-refractivity contribution in [1.82, 2.24) is 20.0 Å². The van der Waals surface area contributed by atoms with E-state index in [2.05, 4.69) is 27.6 Å². The van der Waals surface area contributed by atoms with Crippen LogP contribution in [0.25, 0.3) is 0 Å². The summed E-state index contributed by atoms with van der Waals surface area (Å²) in [6.45, 7) is 5.57. The number of aryl methyl sites for hydroxylation is 1. The van der Waals surface area contributed by atoms with Gasteiger partial charge in [-0.2, -0.15) is 5.10 Å². The normalized spacial score (nSPS) is 14.9. The van der Waals surface area contributed by atoms with Gasteiger partial charge in [0.05, 0.1) is 12.7 Å². The minimum absolute atomic E-state index is 0.0620. The lowest BCUT2D eigenvalue weighted by Crippen LogP contribution is -2.47. The van der Waals surface area contributed by atoms with Gasteiger partial charge in [0.2, 0.25) is 5.91 Å². The van der Waals surface area contributed by atoms with Crippen molar-refractivity contribution in [3.8, 4) is 0 Å². The van der Waals surface area contributed by atoms with E-state index >= 15 is 0 Å². The maximum absolute atomic E-state index is 12.5. The van der Waals surface area contributed by atoms with Crippen LogP contribution in [-0.2, 0) is 17.9 Å². The predicted octanol–water partition coefficient (Wildman–Crippen LogP) is 1.87. The Balaban J connectivity index is 1.58. The molecule has 2 heterocycles. The van der Waals surface area contributed by atoms with Gasteiger partial charge in [0.1, 0.15) is 5.82 Å². The van der Waals surface area contributed by atoms with Crippen LogP contribution in [0.3, 0.4) is 0 Å². The van der Waals surface area contributed by atoms with Gasteiger partial charge >= 0.3 is 0 Å². The van der Waals surface area contributed by atoms with E-state index in [1.54, 1.807) is 6.20 Å². The fourth-order valence-corrected chi connectivity index (χ4v) is 2.96. The van der Waals surface area contributed by atoms with Crippen molar-refractivity contribution >= 4 is 17.6 Å². The Hall–Kier alpha value is -2.67. The van der Waals surface area contributed by atoms with Crippen molar-refractivity contribution in [2.45, 2.75) is 32.9 Å². The number of rotatable bonds is 7. The number of hydrogen-bond donors (Lipinski definition) is 2. The Morgan fingerprint density at radius 2 is 2.08 bits per heavy atom.